The van der Waals surface area contributed by atoms with E-state index in [4.69, 9.17) is 27.2 Å². The summed E-state index contributed by atoms with van der Waals surface area (Å²) in [5.74, 6) is -0.350. The highest BCUT2D eigenvalue weighted by Crippen LogP contribution is 2.31. The first-order valence-corrected chi connectivity index (χ1v) is 5.09. The molecule has 0 spiro atoms. The van der Waals surface area contributed by atoms with Crippen LogP contribution in [-0.2, 0) is 10.3 Å². The van der Waals surface area contributed by atoms with Crippen LogP contribution in [-0.4, -0.2) is 18.2 Å². The van der Waals surface area contributed by atoms with Crippen LogP contribution in [0, 0.1) is 0 Å². The minimum Gasteiger partial charge on any atom is -0.497 e. The predicted molar refractivity (Wildman–Crippen MR) is 61.8 cm³/mol. The van der Waals surface area contributed by atoms with E-state index in [1.54, 1.807) is 25.1 Å². The molecule has 4 nitrogen and oxygen atoms in total. The monoisotopic (exact) mass is 243 g/mol. The molecule has 1 rings (SSSR count). The van der Waals surface area contributed by atoms with Crippen LogP contribution in [0.3, 0.4) is 0 Å². The van der Waals surface area contributed by atoms with Crippen molar-refractivity contribution in [1.29, 1.82) is 0 Å². The van der Waals surface area contributed by atoms with Crippen molar-refractivity contribution in [2.45, 2.75) is 18.9 Å². The van der Waals surface area contributed by atoms with Gasteiger partial charge in [-0.05, 0) is 24.6 Å². The van der Waals surface area contributed by atoms with Crippen molar-refractivity contribution in [3.63, 3.8) is 0 Å². The zero-order valence-electron chi connectivity index (χ0n) is 9.16. The van der Waals surface area contributed by atoms with Gasteiger partial charge >= 0.3 is 5.97 Å². The summed E-state index contributed by atoms with van der Waals surface area (Å²) in [4.78, 5) is 10.7. The first kappa shape index (κ1) is 12.8. The molecule has 1 unspecified atom stereocenters. The topological polar surface area (TPSA) is 72.5 Å². The maximum atomic E-state index is 10.7. The molecule has 0 radical (unpaired) electrons. The number of carboxylic acid groups (broad SMARTS) is 1. The van der Waals surface area contributed by atoms with E-state index in [1.165, 1.54) is 7.11 Å². The van der Waals surface area contributed by atoms with Crippen molar-refractivity contribution in [2.75, 3.05) is 7.11 Å². The second kappa shape index (κ2) is 4.72. The van der Waals surface area contributed by atoms with Gasteiger partial charge in [0.15, 0.2) is 0 Å². The van der Waals surface area contributed by atoms with Gasteiger partial charge in [0.2, 0.25) is 0 Å². The van der Waals surface area contributed by atoms with Gasteiger partial charge < -0.3 is 15.6 Å². The summed E-state index contributed by atoms with van der Waals surface area (Å²) in [7, 11) is 1.53. The second-order valence-corrected chi connectivity index (χ2v) is 4.24. The highest BCUT2D eigenvalue weighted by molar-refractivity contribution is 6.31. The zero-order valence-corrected chi connectivity index (χ0v) is 9.91. The quantitative estimate of drug-likeness (QED) is 0.848. The van der Waals surface area contributed by atoms with Crippen LogP contribution in [0.1, 0.15) is 18.9 Å². The molecule has 0 aromatic heterocycles. The summed E-state index contributed by atoms with van der Waals surface area (Å²) < 4.78 is 5.00. The molecule has 1 atom stereocenters. The zero-order chi connectivity index (χ0) is 12.3. The lowest BCUT2D eigenvalue weighted by atomic mass is 9.90. The Morgan fingerprint density at radius 2 is 2.25 bits per heavy atom. The second-order valence-electron chi connectivity index (χ2n) is 3.83. The van der Waals surface area contributed by atoms with Crippen LogP contribution in [0.5, 0.6) is 5.75 Å². The van der Waals surface area contributed by atoms with Gasteiger partial charge in [-0.3, -0.25) is 4.79 Å². The fourth-order valence-electron chi connectivity index (χ4n) is 1.50. The fourth-order valence-corrected chi connectivity index (χ4v) is 1.88. The number of hydrogen-bond acceptors (Lipinski definition) is 3. The van der Waals surface area contributed by atoms with Crippen LogP contribution >= 0.6 is 11.6 Å². The molecule has 0 amide bonds. The Morgan fingerprint density at radius 3 is 2.69 bits per heavy atom. The van der Waals surface area contributed by atoms with E-state index in [0.717, 1.165) is 0 Å². The van der Waals surface area contributed by atoms with Crippen LogP contribution in [0.15, 0.2) is 18.2 Å². The van der Waals surface area contributed by atoms with Gasteiger partial charge in [0.05, 0.1) is 19.1 Å². The van der Waals surface area contributed by atoms with Crippen LogP contribution in [0.25, 0.3) is 0 Å². The minimum atomic E-state index is -0.991. The van der Waals surface area contributed by atoms with E-state index in [9.17, 15) is 4.79 Å². The summed E-state index contributed by atoms with van der Waals surface area (Å²) in [6.07, 6.45) is -0.181. The Morgan fingerprint density at radius 1 is 1.62 bits per heavy atom. The molecule has 0 saturated heterocycles. The first-order valence-electron chi connectivity index (χ1n) is 4.71. The van der Waals surface area contributed by atoms with Gasteiger partial charge in [0.25, 0.3) is 0 Å². The summed E-state index contributed by atoms with van der Waals surface area (Å²) in [5.41, 5.74) is 5.53. The Balaban J connectivity index is 3.08. The fraction of sp³-hybridized carbons (Fsp3) is 0.364. The number of benzene rings is 1. The number of methoxy groups -OCH3 is 1. The largest absolute Gasteiger partial charge is 0.497 e. The normalized spacial score (nSPS) is 14.2. The number of aliphatic carboxylic acids is 1. The molecule has 0 bridgehead atoms. The average molecular weight is 244 g/mol. The number of hydrogen-bond donors (Lipinski definition) is 2. The van der Waals surface area contributed by atoms with Gasteiger partial charge in [0, 0.05) is 5.02 Å². The molecule has 88 valence electrons. The Labute approximate surface area is 99.0 Å². The predicted octanol–water partition coefficient (Wildman–Crippen LogP) is 2.00. The number of ether oxygens (including phenoxy) is 1. The summed E-state index contributed by atoms with van der Waals surface area (Å²) in [6.45, 7) is 1.63. The van der Waals surface area contributed by atoms with Gasteiger partial charge in [-0.1, -0.05) is 17.7 Å². The number of rotatable bonds is 4. The van der Waals surface area contributed by atoms with Crippen molar-refractivity contribution in [1.82, 2.24) is 0 Å². The highest BCUT2D eigenvalue weighted by atomic mass is 35.5. The number of carbonyl (C=O) groups is 1. The molecular formula is C11H14ClNO3. The maximum Gasteiger partial charge on any atom is 0.305 e. The molecule has 0 aliphatic heterocycles. The molecule has 0 aliphatic carbocycles. The average Bonchev–Trinajstić information content (AvgIpc) is 2.14. The van der Waals surface area contributed by atoms with Gasteiger partial charge in [-0.15, -0.1) is 0 Å². The summed E-state index contributed by atoms with van der Waals surface area (Å²) in [5, 5.41) is 9.16. The third kappa shape index (κ3) is 2.87. The van der Waals surface area contributed by atoms with E-state index >= 15 is 0 Å². The van der Waals surface area contributed by atoms with E-state index in [1.807, 2.05) is 0 Å². The molecule has 0 heterocycles. The Hall–Kier alpha value is -1.26. The van der Waals surface area contributed by atoms with Crippen molar-refractivity contribution in [3.8, 4) is 5.75 Å². The third-order valence-corrected chi connectivity index (χ3v) is 2.62. The molecule has 5 heteroatoms. The van der Waals surface area contributed by atoms with Crippen molar-refractivity contribution in [3.05, 3.63) is 28.8 Å². The summed E-state index contributed by atoms with van der Waals surface area (Å²) >= 11 is 6.02. The maximum absolute atomic E-state index is 10.7. The van der Waals surface area contributed by atoms with E-state index < -0.39 is 11.5 Å². The van der Waals surface area contributed by atoms with E-state index in [-0.39, 0.29) is 6.42 Å². The molecule has 3 N–H and O–H groups in total. The Bertz CT molecular complexity index is 404. The van der Waals surface area contributed by atoms with E-state index in [2.05, 4.69) is 0 Å². The lowest BCUT2D eigenvalue weighted by Crippen LogP contribution is -2.35. The van der Waals surface area contributed by atoms with Crippen LogP contribution in [0.4, 0.5) is 0 Å². The first-order chi connectivity index (χ1) is 7.36. The lowest BCUT2D eigenvalue weighted by Gasteiger charge is -2.24. The molecule has 1 aromatic carbocycles. The Kier molecular flexibility index (Phi) is 3.78. The number of nitrogens with two attached hydrogens (primary N) is 1. The molecule has 0 fully saturated rings. The van der Waals surface area contributed by atoms with Gasteiger partial charge in [-0.2, -0.15) is 0 Å². The molecule has 0 aliphatic rings. The molecule has 1 aromatic rings. The van der Waals surface area contributed by atoms with Crippen molar-refractivity contribution >= 4 is 17.6 Å². The SMILES string of the molecule is COc1ccc(C(C)(N)CC(=O)O)c(Cl)c1. The van der Waals surface area contributed by atoms with Gasteiger partial charge in [0.1, 0.15) is 5.75 Å². The van der Waals surface area contributed by atoms with Crippen LogP contribution in [0.2, 0.25) is 5.02 Å². The van der Waals surface area contributed by atoms with Crippen molar-refractivity contribution < 1.29 is 14.6 Å². The summed E-state index contributed by atoms with van der Waals surface area (Å²) in [6, 6.07) is 5.00. The molecule has 16 heavy (non-hydrogen) atoms. The lowest BCUT2D eigenvalue weighted by molar-refractivity contribution is -0.138. The number of carboxylic acids is 1. The standard InChI is InChI=1S/C11H14ClNO3/c1-11(13,6-10(14)15)8-4-3-7(16-2)5-9(8)12/h3-5H,6,13H2,1-2H3,(H,14,15). The highest BCUT2D eigenvalue weighted by Gasteiger charge is 2.27. The third-order valence-electron chi connectivity index (χ3n) is 2.31. The molecular weight excluding hydrogens is 230 g/mol. The number of halogens is 1. The molecule has 0 saturated carbocycles. The van der Waals surface area contributed by atoms with Crippen LogP contribution < -0.4 is 10.5 Å². The van der Waals surface area contributed by atoms with Gasteiger partial charge in [-0.25, -0.2) is 0 Å². The van der Waals surface area contributed by atoms with Crippen molar-refractivity contribution in [2.24, 2.45) is 5.73 Å². The minimum absolute atomic E-state index is 0.181. The smallest absolute Gasteiger partial charge is 0.305 e. The van der Waals surface area contributed by atoms with E-state index in [0.29, 0.717) is 16.3 Å².